The SMILES string of the molecule is Oc1ccc([C@@H]2Oc3cc(O)ccc3[C@H](O)[C@H]2O)cc1. The Labute approximate surface area is 115 Å². The second-order valence-corrected chi connectivity index (χ2v) is 4.79. The van der Waals surface area contributed by atoms with Gasteiger partial charge in [0.2, 0.25) is 0 Å². The zero-order valence-corrected chi connectivity index (χ0v) is 10.5. The van der Waals surface area contributed by atoms with Crippen molar-refractivity contribution >= 4 is 0 Å². The van der Waals surface area contributed by atoms with Crippen molar-refractivity contribution in [1.29, 1.82) is 0 Å². The number of phenols is 2. The number of hydrogen-bond donors (Lipinski definition) is 4. The number of phenolic OH excluding ortho intramolecular Hbond substituents is 2. The van der Waals surface area contributed by atoms with E-state index in [9.17, 15) is 20.4 Å². The summed E-state index contributed by atoms with van der Waals surface area (Å²) in [7, 11) is 0. The van der Waals surface area contributed by atoms with E-state index in [1.54, 1.807) is 12.1 Å². The van der Waals surface area contributed by atoms with Crippen molar-refractivity contribution < 1.29 is 25.2 Å². The molecule has 104 valence electrons. The van der Waals surface area contributed by atoms with Gasteiger partial charge in [0.05, 0.1) is 0 Å². The highest BCUT2D eigenvalue weighted by molar-refractivity contribution is 5.44. The lowest BCUT2D eigenvalue weighted by atomic mass is 9.92. The van der Waals surface area contributed by atoms with Crippen LogP contribution in [0.3, 0.4) is 0 Å². The fraction of sp³-hybridized carbons (Fsp3) is 0.200. The molecular weight excluding hydrogens is 260 g/mol. The molecule has 0 amide bonds. The standard InChI is InChI=1S/C15H14O5/c16-9-3-1-8(2-4-9)15-14(19)13(18)11-6-5-10(17)7-12(11)20-15/h1-7,13-19H/t13-,14+,15-/m0/s1. The summed E-state index contributed by atoms with van der Waals surface area (Å²) in [6.45, 7) is 0. The predicted molar refractivity (Wildman–Crippen MR) is 70.5 cm³/mol. The lowest BCUT2D eigenvalue weighted by molar-refractivity contribution is -0.0700. The summed E-state index contributed by atoms with van der Waals surface area (Å²) in [5.41, 5.74) is 1.06. The normalized spacial score (nSPS) is 24.8. The van der Waals surface area contributed by atoms with Crippen molar-refractivity contribution in [3.63, 3.8) is 0 Å². The van der Waals surface area contributed by atoms with Crippen LogP contribution < -0.4 is 4.74 Å². The minimum absolute atomic E-state index is 0.0248. The first-order chi connectivity index (χ1) is 9.56. The maximum Gasteiger partial charge on any atom is 0.152 e. The van der Waals surface area contributed by atoms with Crippen LogP contribution in [0, 0.1) is 0 Å². The number of aromatic hydroxyl groups is 2. The van der Waals surface area contributed by atoms with Gasteiger partial charge in [-0.15, -0.1) is 0 Å². The van der Waals surface area contributed by atoms with E-state index in [1.165, 1.54) is 30.3 Å². The molecule has 2 aromatic rings. The summed E-state index contributed by atoms with van der Waals surface area (Å²) in [5.74, 6) is 0.468. The van der Waals surface area contributed by atoms with E-state index in [1.807, 2.05) is 0 Å². The maximum absolute atomic E-state index is 10.2. The van der Waals surface area contributed by atoms with Crippen molar-refractivity contribution in [2.24, 2.45) is 0 Å². The Kier molecular flexibility index (Phi) is 3.00. The van der Waals surface area contributed by atoms with E-state index in [0.717, 1.165) is 0 Å². The van der Waals surface area contributed by atoms with Crippen LogP contribution in [-0.4, -0.2) is 26.5 Å². The third-order valence-corrected chi connectivity index (χ3v) is 3.43. The number of ether oxygens (including phenoxy) is 1. The number of aliphatic hydroxyl groups is 2. The Balaban J connectivity index is 2.00. The van der Waals surface area contributed by atoms with Crippen LogP contribution in [0.5, 0.6) is 17.2 Å². The Morgan fingerprint density at radius 2 is 1.50 bits per heavy atom. The number of hydrogen-bond acceptors (Lipinski definition) is 5. The summed E-state index contributed by atoms with van der Waals surface area (Å²) < 4.78 is 5.67. The van der Waals surface area contributed by atoms with Crippen LogP contribution >= 0.6 is 0 Å². The number of fused-ring (bicyclic) bond motifs is 1. The van der Waals surface area contributed by atoms with Gasteiger partial charge in [0.25, 0.3) is 0 Å². The quantitative estimate of drug-likeness (QED) is 0.634. The van der Waals surface area contributed by atoms with Crippen molar-refractivity contribution in [3.8, 4) is 17.2 Å². The van der Waals surface area contributed by atoms with Crippen LogP contribution in [0.4, 0.5) is 0 Å². The van der Waals surface area contributed by atoms with Crippen LogP contribution in [0.2, 0.25) is 0 Å². The van der Waals surface area contributed by atoms with Gasteiger partial charge >= 0.3 is 0 Å². The summed E-state index contributed by atoms with van der Waals surface area (Å²) in [5, 5.41) is 39.1. The second-order valence-electron chi connectivity index (χ2n) is 4.79. The van der Waals surface area contributed by atoms with Crippen LogP contribution in [0.15, 0.2) is 42.5 Å². The molecule has 1 aliphatic heterocycles. The summed E-state index contributed by atoms with van der Waals surface area (Å²) in [6, 6.07) is 10.5. The van der Waals surface area contributed by atoms with Gasteiger partial charge in [0.15, 0.2) is 6.10 Å². The Hall–Kier alpha value is -2.24. The molecule has 0 bridgehead atoms. The molecule has 3 rings (SSSR count). The van der Waals surface area contributed by atoms with E-state index < -0.39 is 18.3 Å². The molecule has 5 nitrogen and oxygen atoms in total. The Morgan fingerprint density at radius 1 is 0.850 bits per heavy atom. The molecule has 3 atom stereocenters. The molecule has 0 aliphatic carbocycles. The molecule has 0 saturated heterocycles. The van der Waals surface area contributed by atoms with Crippen molar-refractivity contribution in [2.75, 3.05) is 0 Å². The van der Waals surface area contributed by atoms with Crippen LogP contribution in [0.1, 0.15) is 23.3 Å². The van der Waals surface area contributed by atoms with E-state index in [4.69, 9.17) is 4.74 Å². The second kappa shape index (κ2) is 4.70. The van der Waals surface area contributed by atoms with Crippen molar-refractivity contribution in [2.45, 2.75) is 18.3 Å². The molecule has 4 N–H and O–H groups in total. The maximum atomic E-state index is 10.2. The molecular formula is C15H14O5. The number of aliphatic hydroxyl groups excluding tert-OH is 2. The van der Waals surface area contributed by atoms with Crippen molar-refractivity contribution in [1.82, 2.24) is 0 Å². The molecule has 0 spiro atoms. The smallest absolute Gasteiger partial charge is 0.152 e. The lowest BCUT2D eigenvalue weighted by Gasteiger charge is -2.34. The van der Waals surface area contributed by atoms with Gasteiger partial charge in [-0.2, -0.15) is 0 Å². The summed E-state index contributed by atoms with van der Waals surface area (Å²) in [4.78, 5) is 0. The van der Waals surface area contributed by atoms with Gasteiger partial charge in [-0.1, -0.05) is 12.1 Å². The molecule has 1 heterocycles. The fourth-order valence-corrected chi connectivity index (χ4v) is 2.35. The molecule has 0 saturated carbocycles. The Bertz CT molecular complexity index is 623. The first-order valence-corrected chi connectivity index (χ1v) is 6.21. The topological polar surface area (TPSA) is 90.2 Å². The number of rotatable bonds is 1. The highest BCUT2D eigenvalue weighted by Gasteiger charge is 2.37. The first-order valence-electron chi connectivity index (χ1n) is 6.21. The molecule has 20 heavy (non-hydrogen) atoms. The molecule has 1 aliphatic rings. The zero-order valence-electron chi connectivity index (χ0n) is 10.5. The van der Waals surface area contributed by atoms with Gasteiger partial charge in [0, 0.05) is 11.6 Å². The predicted octanol–water partition coefficient (Wildman–Crippen LogP) is 1.63. The fourth-order valence-electron chi connectivity index (χ4n) is 2.35. The molecule has 0 fully saturated rings. The summed E-state index contributed by atoms with van der Waals surface area (Å²) >= 11 is 0. The van der Waals surface area contributed by atoms with Crippen LogP contribution in [0.25, 0.3) is 0 Å². The molecule has 0 unspecified atom stereocenters. The molecule has 0 aromatic heterocycles. The molecule has 2 aromatic carbocycles. The summed E-state index contributed by atoms with van der Waals surface area (Å²) in [6.07, 6.45) is -2.99. The number of benzene rings is 2. The molecule has 5 heteroatoms. The Morgan fingerprint density at radius 3 is 2.20 bits per heavy atom. The minimum atomic E-state index is -1.13. The van der Waals surface area contributed by atoms with E-state index in [0.29, 0.717) is 16.9 Å². The lowest BCUT2D eigenvalue weighted by Crippen LogP contribution is -2.34. The third kappa shape index (κ3) is 2.07. The van der Waals surface area contributed by atoms with E-state index in [-0.39, 0.29) is 11.5 Å². The van der Waals surface area contributed by atoms with E-state index in [2.05, 4.69) is 0 Å². The van der Waals surface area contributed by atoms with Gasteiger partial charge in [-0.3, -0.25) is 0 Å². The van der Waals surface area contributed by atoms with Crippen molar-refractivity contribution in [3.05, 3.63) is 53.6 Å². The van der Waals surface area contributed by atoms with Gasteiger partial charge < -0.3 is 25.2 Å². The monoisotopic (exact) mass is 274 g/mol. The van der Waals surface area contributed by atoms with Gasteiger partial charge in [0.1, 0.15) is 29.5 Å². The van der Waals surface area contributed by atoms with Gasteiger partial charge in [-0.05, 0) is 29.8 Å². The molecule has 0 radical (unpaired) electrons. The average molecular weight is 274 g/mol. The first kappa shape index (κ1) is 12.8. The minimum Gasteiger partial charge on any atom is -0.508 e. The third-order valence-electron chi connectivity index (χ3n) is 3.43. The highest BCUT2D eigenvalue weighted by Crippen LogP contribution is 2.42. The zero-order chi connectivity index (χ0) is 14.3. The highest BCUT2D eigenvalue weighted by atomic mass is 16.5. The van der Waals surface area contributed by atoms with E-state index >= 15 is 0 Å². The average Bonchev–Trinajstić information content (AvgIpc) is 2.44. The van der Waals surface area contributed by atoms with Gasteiger partial charge in [-0.25, -0.2) is 0 Å². The van der Waals surface area contributed by atoms with Crippen LogP contribution in [-0.2, 0) is 0 Å². The largest absolute Gasteiger partial charge is 0.508 e.